The molecule has 5 heteroatoms. The van der Waals surface area contributed by atoms with Crippen molar-refractivity contribution in [2.24, 2.45) is 5.92 Å². The van der Waals surface area contributed by atoms with E-state index in [1.165, 1.54) is 11.3 Å². The van der Waals surface area contributed by atoms with Crippen molar-refractivity contribution in [3.63, 3.8) is 0 Å². The molecule has 0 aliphatic rings. The highest BCUT2D eigenvalue weighted by atomic mass is 16.1. The van der Waals surface area contributed by atoms with Crippen molar-refractivity contribution in [2.45, 2.75) is 53.6 Å². The van der Waals surface area contributed by atoms with Crippen LogP contribution in [-0.4, -0.2) is 20.7 Å². The molecule has 0 aliphatic heterocycles. The van der Waals surface area contributed by atoms with Gasteiger partial charge in [-0.25, -0.2) is 0 Å². The molecule has 1 amide bonds. The standard InChI is InChI=1S/C18H26N4O/c1-13(2)12-22-15(4)17(14(3)21-22)8-9-18(23)20-11-16-7-5-6-10-19-16/h5-7,10,13H,8-9,11-12H2,1-4H3,(H,20,23). The van der Waals surface area contributed by atoms with Gasteiger partial charge in [-0.05, 0) is 43.9 Å². The Morgan fingerprint density at radius 2 is 2.09 bits per heavy atom. The quantitative estimate of drug-likeness (QED) is 0.855. The van der Waals surface area contributed by atoms with Crippen molar-refractivity contribution < 1.29 is 4.79 Å². The lowest BCUT2D eigenvalue weighted by molar-refractivity contribution is -0.121. The molecule has 5 nitrogen and oxygen atoms in total. The van der Waals surface area contributed by atoms with Crippen LogP contribution in [-0.2, 0) is 24.3 Å². The molecule has 0 spiro atoms. The maximum absolute atomic E-state index is 12.0. The van der Waals surface area contributed by atoms with Crippen molar-refractivity contribution >= 4 is 5.91 Å². The van der Waals surface area contributed by atoms with E-state index in [2.05, 4.69) is 40.9 Å². The lowest BCUT2D eigenvalue weighted by atomic mass is 10.1. The Hall–Kier alpha value is -2.17. The molecule has 2 aromatic heterocycles. The van der Waals surface area contributed by atoms with Crippen LogP contribution in [0.4, 0.5) is 0 Å². The number of amides is 1. The molecule has 0 saturated carbocycles. The van der Waals surface area contributed by atoms with Crippen LogP contribution < -0.4 is 5.32 Å². The zero-order valence-corrected chi connectivity index (χ0v) is 14.5. The van der Waals surface area contributed by atoms with E-state index in [0.717, 1.165) is 24.4 Å². The SMILES string of the molecule is Cc1nn(CC(C)C)c(C)c1CCC(=O)NCc1ccccn1. The highest BCUT2D eigenvalue weighted by Crippen LogP contribution is 2.16. The Bertz CT molecular complexity index is 647. The lowest BCUT2D eigenvalue weighted by Gasteiger charge is -2.08. The van der Waals surface area contributed by atoms with E-state index in [9.17, 15) is 4.79 Å². The predicted molar refractivity (Wildman–Crippen MR) is 90.9 cm³/mol. The van der Waals surface area contributed by atoms with Gasteiger partial charge in [0.05, 0.1) is 17.9 Å². The zero-order valence-electron chi connectivity index (χ0n) is 14.5. The van der Waals surface area contributed by atoms with E-state index in [1.807, 2.05) is 25.1 Å². The number of nitrogens with zero attached hydrogens (tertiary/aromatic N) is 3. The van der Waals surface area contributed by atoms with Gasteiger partial charge in [0.2, 0.25) is 5.91 Å². The molecule has 23 heavy (non-hydrogen) atoms. The van der Waals surface area contributed by atoms with Gasteiger partial charge in [-0.1, -0.05) is 19.9 Å². The number of aryl methyl sites for hydroxylation is 1. The first-order valence-corrected chi connectivity index (χ1v) is 8.17. The van der Waals surface area contributed by atoms with Crippen LogP contribution in [0, 0.1) is 19.8 Å². The highest BCUT2D eigenvalue weighted by Gasteiger charge is 2.13. The minimum absolute atomic E-state index is 0.0473. The molecule has 0 aliphatic carbocycles. The molecule has 124 valence electrons. The van der Waals surface area contributed by atoms with Gasteiger partial charge in [-0.3, -0.25) is 14.5 Å². The van der Waals surface area contributed by atoms with Crippen LogP contribution in [0.5, 0.6) is 0 Å². The van der Waals surface area contributed by atoms with E-state index in [1.54, 1.807) is 6.20 Å². The van der Waals surface area contributed by atoms with Crippen LogP contribution in [0.15, 0.2) is 24.4 Å². The molecular weight excluding hydrogens is 288 g/mol. The molecule has 1 N–H and O–H groups in total. The average Bonchev–Trinajstić information content (AvgIpc) is 2.77. The minimum atomic E-state index is 0.0473. The summed E-state index contributed by atoms with van der Waals surface area (Å²) in [5, 5.41) is 7.52. The summed E-state index contributed by atoms with van der Waals surface area (Å²) in [6.07, 6.45) is 2.93. The Morgan fingerprint density at radius 3 is 2.74 bits per heavy atom. The summed E-state index contributed by atoms with van der Waals surface area (Å²) >= 11 is 0. The Kier molecular flexibility index (Phi) is 5.90. The molecule has 0 saturated heterocycles. The van der Waals surface area contributed by atoms with E-state index < -0.39 is 0 Å². The normalized spacial score (nSPS) is 11.0. The van der Waals surface area contributed by atoms with Gasteiger partial charge in [-0.15, -0.1) is 0 Å². The second-order valence-corrected chi connectivity index (χ2v) is 6.32. The van der Waals surface area contributed by atoms with E-state index in [0.29, 0.717) is 18.9 Å². The van der Waals surface area contributed by atoms with Crippen LogP contribution in [0.25, 0.3) is 0 Å². The summed E-state index contributed by atoms with van der Waals surface area (Å²) in [7, 11) is 0. The second-order valence-electron chi connectivity index (χ2n) is 6.32. The third-order valence-electron chi connectivity index (χ3n) is 3.86. The number of carbonyl (C=O) groups is 1. The van der Waals surface area contributed by atoms with Crippen LogP contribution in [0.3, 0.4) is 0 Å². The highest BCUT2D eigenvalue weighted by molar-refractivity contribution is 5.76. The Morgan fingerprint density at radius 1 is 1.30 bits per heavy atom. The minimum Gasteiger partial charge on any atom is -0.350 e. The smallest absolute Gasteiger partial charge is 0.220 e. The summed E-state index contributed by atoms with van der Waals surface area (Å²) < 4.78 is 2.06. The van der Waals surface area contributed by atoms with Crippen molar-refractivity contribution in [3.8, 4) is 0 Å². The molecule has 0 radical (unpaired) electrons. The first-order valence-electron chi connectivity index (χ1n) is 8.17. The molecule has 2 aromatic rings. The topological polar surface area (TPSA) is 59.8 Å². The first kappa shape index (κ1) is 17.2. The summed E-state index contributed by atoms with van der Waals surface area (Å²) in [6.45, 7) is 9.86. The van der Waals surface area contributed by atoms with Gasteiger partial charge < -0.3 is 5.32 Å². The van der Waals surface area contributed by atoms with Crippen molar-refractivity contribution in [3.05, 3.63) is 47.0 Å². The molecular formula is C18H26N4O. The first-order chi connectivity index (χ1) is 11.0. The van der Waals surface area contributed by atoms with Gasteiger partial charge >= 0.3 is 0 Å². The molecule has 0 aromatic carbocycles. The van der Waals surface area contributed by atoms with E-state index >= 15 is 0 Å². The van der Waals surface area contributed by atoms with Crippen molar-refractivity contribution in [1.82, 2.24) is 20.1 Å². The van der Waals surface area contributed by atoms with Crippen molar-refractivity contribution in [1.29, 1.82) is 0 Å². The molecule has 2 rings (SSSR count). The van der Waals surface area contributed by atoms with Crippen LogP contribution >= 0.6 is 0 Å². The molecule has 0 atom stereocenters. The maximum Gasteiger partial charge on any atom is 0.220 e. The molecule has 2 heterocycles. The van der Waals surface area contributed by atoms with E-state index in [-0.39, 0.29) is 5.91 Å². The molecule has 0 bridgehead atoms. The third kappa shape index (κ3) is 4.91. The number of pyridine rings is 1. The fourth-order valence-corrected chi connectivity index (χ4v) is 2.64. The van der Waals surface area contributed by atoms with Gasteiger partial charge in [0, 0.05) is 24.9 Å². The number of nitrogens with one attached hydrogen (secondary N) is 1. The number of carbonyl (C=O) groups excluding carboxylic acids is 1. The number of rotatable bonds is 7. The Labute approximate surface area is 138 Å². The molecule has 0 unspecified atom stereocenters. The van der Waals surface area contributed by atoms with Crippen molar-refractivity contribution in [2.75, 3.05) is 0 Å². The lowest BCUT2D eigenvalue weighted by Crippen LogP contribution is -2.23. The van der Waals surface area contributed by atoms with Gasteiger partial charge in [-0.2, -0.15) is 5.10 Å². The third-order valence-corrected chi connectivity index (χ3v) is 3.86. The second kappa shape index (κ2) is 7.90. The number of aromatic nitrogens is 3. The fourth-order valence-electron chi connectivity index (χ4n) is 2.64. The van der Waals surface area contributed by atoms with Gasteiger partial charge in [0.1, 0.15) is 0 Å². The molecule has 0 fully saturated rings. The average molecular weight is 314 g/mol. The monoisotopic (exact) mass is 314 g/mol. The predicted octanol–water partition coefficient (Wildman–Crippen LogP) is 2.80. The summed E-state index contributed by atoms with van der Waals surface area (Å²) in [4.78, 5) is 16.2. The fraction of sp³-hybridized carbons (Fsp3) is 0.500. The van der Waals surface area contributed by atoms with Crippen LogP contribution in [0.2, 0.25) is 0 Å². The zero-order chi connectivity index (χ0) is 16.8. The van der Waals surface area contributed by atoms with Gasteiger partial charge in [0.15, 0.2) is 0 Å². The summed E-state index contributed by atoms with van der Waals surface area (Å²) in [6, 6.07) is 5.69. The number of hydrogen-bond donors (Lipinski definition) is 1. The summed E-state index contributed by atoms with van der Waals surface area (Å²) in [5.41, 5.74) is 4.27. The Balaban J connectivity index is 1.88. The van der Waals surface area contributed by atoms with Crippen LogP contribution in [0.1, 0.15) is 42.9 Å². The largest absolute Gasteiger partial charge is 0.350 e. The number of hydrogen-bond acceptors (Lipinski definition) is 3. The maximum atomic E-state index is 12.0. The summed E-state index contributed by atoms with van der Waals surface area (Å²) in [5.74, 6) is 0.605. The van der Waals surface area contributed by atoms with E-state index in [4.69, 9.17) is 0 Å². The van der Waals surface area contributed by atoms with Gasteiger partial charge in [0.25, 0.3) is 0 Å².